The highest BCUT2D eigenvalue weighted by Gasteiger charge is 2.18. The van der Waals surface area contributed by atoms with Crippen molar-refractivity contribution >= 4 is 26.0 Å². The maximum atomic E-state index is 13.4. The summed E-state index contributed by atoms with van der Waals surface area (Å²) >= 11 is 3.00. The summed E-state index contributed by atoms with van der Waals surface area (Å²) in [6, 6.07) is 2.76. The first kappa shape index (κ1) is 12.6. The summed E-state index contributed by atoms with van der Waals surface area (Å²) in [4.78, 5) is -0.0231. The molecule has 0 unspecified atom stereocenters. The molecule has 0 heterocycles. The minimum atomic E-state index is -3.59. The van der Waals surface area contributed by atoms with E-state index in [0.717, 1.165) is 0 Å². The van der Waals surface area contributed by atoms with E-state index in [9.17, 15) is 12.8 Å². The molecule has 0 spiro atoms. The molecule has 1 aromatic carbocycles. The highest BCUT2D eigenvalue weighted by molar-refractivity contribution is 9.10. The van der Waals surface area contributed by atoms with Crippen LogP contribution in [0.5, 0.6) is 0 Å². The summed E-state index contributed by atoms with van der Waals surface area (Å²) in [5, 5.41) is 0. The number of sulfonamides is 1. The zero-order valence-corrected chi connectivity index (χ0v) is 10.7. The Bertz CT molecular complexity index is 473. The van der Waals surface area contributed by atoms with Gasteiger partial charge < -0.3 is 0 Å². The Hall–Kier alpha value is -0.460. The summed E-state index contributed by atoms with van der Waals surface area (Å²) < 4.78 is 39.2. The fourth-order valence-corrected chi connectivity index (χ4v) is 2.90. The van der Waals surface area contributed by atoms with Gasteiger partial charge in [0.05, 0.1) is 9.37 Å². The van der Waals surface area contributed by atoms with E-state index in [1.165, 1.54) is 19.1 Å². The average molecular weight is 296 g/mol. The van der Waals surface area contributed by atoms with Crippen LogP contribution in [0, 0.1) is 12.7 Å². The molecule has 0 atom stereocenters. The van der Waals surface area contributed by atoms with Crippen molar-refractivity contribution < 1.29 is 12.8 Å². The van der Waals surface area contributed by atoms with Gasteiger partial charge in [-0.1, -0.05) is 6.92 Å². The SMILES string of the molecule is CCNS(=O)(=O)c1ccc(Br)c(F)c1C. The van der Waals surface area contributed by atoms with Gasteiger partial charge in [0.15, 0.2) is 0 Å². The zero-order valence-electron chi connectivity index (χ0n) is 8.34. The Balaban J connectivity index is 3.34. The third kappa shape index (κ3) is 2.56. The average Bonchev–Trinajstić information content (AvgIpc) is 2.13. The van der Waals surface area contributed by atoms with Crippen LogP contribution in [-0.2, 0) is 10.0 Å². The van der Waals surface area contributed by atoms with Gasteiger partial charge in [0.2, 0.25) is 10.0 Å². The van der Waals surface area contributed by atoms with Crippen molar-refractivity contribution in [3.8, 4) is 0 Å². The van der Waals surface area contributed by atoms with E-state index in [-0.39, 0.29) is 21.5 Å². The van der Waals surface area contributed by atoms with Gasteiger partial charge in [-0.3, -0.25) is 0 Å². The number of hydrogen-bond acceptors (Lipinski definition) is 2. The summed E-state index contributed by atoms with van der Waals surface area (Å²) in [6.07, 6.45) is 0. The number of halogens is 2. The Kier molecular flexibility index (Phi) is 3.86. The van der Waals surface area contributed by atoms with Crippen LogP contribution in [0.25, 0.3) is 0 Å². The Morgan fingerprint density at radius 1 is 1.47 bits per heavy atom. The van der Waals surface area contributed by atoms with E-state index in [4.69, 9.17) is 0 Å². The van der Waals surface area contributed by atoms with Gasteiger partial charge in [0, 0.05) is 12.1 Å². The Morgan fingerprint density at radius 2 is 2.07 bits per heavy atom. The molecule has 0 saturated heterocycles. The van der Waals surface area contributed by atoms with Gasteiger partial charge >= 0.3 is 0 Å². The lowest BCUT2D eigenvalue weighted by atomic mass is 10.2. The molecule has 0 aromatic heterocycles. The third-order valence-electron chi connectivity index (χ3n) is 1.91. The maximum Gasteiger partial charge on any atom is 0.240 e. The van der Waals surface area contributed by atoms with Gasteiger partial charge in [-0.2, -0.15) is 0 Å². The number of benzene rings is 1. The van der Waals surface area contributed by atoms with E-state index < -0.39 is 15.8 Å². The number of rotatable bonds is 3. The van der Waals surface area contributed by atoms with Gasteiger partial charge in [0.25, 0.3) is 0 Å². The summed E-state index contributed by atoms with van der Waals surface area (Å²) in [7, 11) is -3.59. The van der Waals surface area contributed by atoms with Crippen LogP contribution in [0.2, 0.25) is 0 Å². The molecule has 0 bridgehead atoms. The molecule has 0 saturated carbocycles. The summed E-state index contributed by atoms with van der Waals surface area (Å²) in [5.74, 6) is -0.547. The minimum absolute atomic E-state index is 0.0231. The molecular weight excluding hydrogens is 285 g/mol. The normalized spacial score (nSPS) is 11.7. The van der Waals surface area contributed by atoms with Crippen LogP contribution < -0.4 is 4.72 Å². The van der Waals surface area contributed by atoms with E-state index in [1.54, 1.807) is 6.92 Å². The highest BCUT2D eigenvalue weighted by atomic mass is 79.9. The van der Waals surface area contributed by atoms with Crippen molar-refractivity contribution in [2.24, 2.45) is 0 Å². The molecule has 1 N–H and O–H groups in total. The predicted molar refractivity (Wildman–Crippen MR) is 59.7 cm³/mol. The second-order valence-corrected chi connectivity index (χ2v) is 5.58. The van der Waals surface area contributed by atoms with Crippen molar-refractivity contribution in [1.82, 2.24) is 4.72 Å². The van der Waals surface area contributed by atoms with Crippen LogP contribution >= 0.6 is 15.9 Å². The second kappa shape index (κ2) is 4.59. The first-order chi connectivity index (χ1) is 6.90. The molecule has 0 aliphatic heterocycles. The quantitative estimate of drug-likeness (QED) is 0.929. The lowest BCUT2D eigenvalue weighted by Gasteiger charge is -2.09. The monoisotopic (exact) mass is 295 g/mol. The van der Waals surface area contributed by atoms with Crippen LogP contribution in [-0.4, -0.2) is 15.0 Å². The summed E-state index contributed by atoms with van der Waals surface area (Å²) in [6.45, 7) is 3.38. The van der Waals surface area contributed by atoms with Crippen molar-refractivity contribution in [3.05, 3.63) is 28.0 Å². The van der Waals surface area contributed by atoms with Crippen LogP contribution in [0.4, 0.5) is 4.39 Å². The lowest BCUT2D eigenvalue weighted by molar-refractivity contribution is 0.575. The third-order valence-corrected chi connectivity index (χ3v) is 4.22. The lowest BCUT2D eigenvalue weighted by Crippen LogP contribution is -2.24. The number of nitrogens with one attached hydrogen (secondary N) is 1. The molecule has 84 valence electrons. The van der Waals surface area contributed by atoms with Crippen LogP contribution in [0.15, 0.2) is 21.5 Å². The zero-order chi connectivity index (χ0) is 11.6. The van der Waals surface area contributed by atoms with Crippen LogP contribution in [0.3, 0.4) is 0 Å². The van der Waals surface area contributed by atoms with Gasteiger partial charge in [-0.25, -0.2) is 17.5 Å². The van der Waals surface area contributed by atoms with Crippen molar-refractivity contribution in [3.63, 3.8) is 0 Å². The topological polar surface area (TPSA) is 46.2 Å². The molecule has 0 aliphatic carbocycles. The minimum Gasteiger partial charge on any atom is -0.211 e. The Labute approximate surface area is 96.9 Å². The van der Waals surface area contributed by atoms with Gasteiger partial charge in [0.1, 0.15) is 5.82 Å². The molecule has 15 heavy (non-hydrogen) atoms. The van der Waals surface area contributed by atoms with Crippen LogP contribution in [0.1, 0.15) is 12.5 Å². The van der Waals surface area contributed by atoms with E-state index in [2.05, 4.69) is 20.7 Å². The first-order valence-electron chi connectivity index (χ1n) is 4.34. The molecule has 3 nitrogen and oxygen atoms in total. The highest BCUT2D eigenvalue weighted by Crippen LogP contribution is 2.24. The molecule has 6 heteroatoms. The van der Waals surface area contributed by atoms with Crippen molar-refractivity contribution in [2.75, 3.05) is 6.54 Å². The molecular formula is C9H11BrFNO2S. The second-order valence-electron chi connectivity index (χ2n) is 2.99. The molecule has 0 amide bonds. The summed E-state index contributed by atoms with van der Waals surface area (Å²) in [5.41, 5.74) is 0.116. The molecule has 1 aromatic rings. The van der Waals surface area contributed by atoms with E-state index in [1.807, 2.05) is 0 Å². The number of hydrogen-bond donors (Lipinski definition) is 1. The fourth-order valence-electron chi connectivity index (χ4n) is 1.19. The first-order valence-corrected chi connectivity index (χ1v) is 6.62. The van der Waals surface area contributed by atoms with Crippen molar-refractivity contribution in [2.45, 2.75) is 18.7 Å². The fraction of sp³-hybridized carbons (Fsp3) is 0.333. The largest absolute Gasteiger partial charge is 0.240 e. The standard InChI is InChI=1S/C9H11BrFNO2S/c1-3-12-15(13,14)8-5-4-7(10)9(11)6(8)2/h4-5,12H,3H2,1-2H3. The predicted octanol–water partition coefficient (Wildman–Crippen LogP) is 2.19. The Morgan fingerprint density at radius 3 is 2.60 bits per heavy atom. The van der Waals surface area contributed by atoms with Gasteiger partial charge in [-0.15, -0.1) is 0 Å². The van der Waals surface area contributed by atoms with Gasteiger partial charge in [-0.05, 0) is 35.0 Å². The smallest absolute Gasteiger partial charge is 0.211 e. The molecule has 0 aliphatic rings. The molecule has 0 radical (unpaired) electrons. The van der Waals surface area contributed by atoms with Crippen molar-refractivity contribution in [1.29, 1.82) is 0 Å². The van der Waals surface area contributed by atoms with E-state index >= 15 is 0 Å². The molecule has 0 fully saturated rings. The van der Waals surface area contributed by atoms with E-state index in [0.29, 0.717) is 0 Å². The maximum absolute atomic E-state index is 13.4. The molecule has 1 rings (SSSR count).